The van der Waals surface area contributed by atoms with Gasteiger partial charge in [0.2, 0.25) is 0 Å². The van der Waals surface area contributed by atoms with Gasteiger partial charge in [-0.1, -0.05) is 30.3 Å². The number of thiophene rings is 1. The van der Waals surface area contributed by atoms with E-state index in [9.17, 15) is 9.59 Å². The molecular formula is C27H29N3O3S. The molecule has 4 aromatic rings. The number of hydrogen-bond acceptors (Lipinski definition) is 5. The average Bonchev–Trinajstić information content (AvgIpc) is 3.44. The summed E-state index contributed by atoms with van der Waals surface area (Å²) in [5.41, 5.74) is 3.05. The molecule has 0 bridgehead atoms. The van der Waals surface area contributed by atoms with Crippen LogP contribution in [-0.2, 0) is 13.0 Å². The van der Waals surface area contributed by atoms with Gasteiger partial charge in [0.25, 0.3) is 5.56 Å². The molecule has 2 atom stereocenters. The van der Waals surface area contributed by atoms with E-state index in [2.05, 4.69) is 28.1 Å². The number of H-pyrrole nitrogens is 1. The van der Waals surface area contributed by atoms with Gasteiger partial charge in [0.1, 0.15) is 10.4 Å². The highest BCUT2D eigenvalue weighted by Gasteiger charge is 2.37. The van der Waals surface area contributed by atoms with Gasteiger partial charge < -0.3 is 14.6 Å². The molecule has 0 spiro atoms. The number of nitrogens with one attached hydrogen (secondary N) is 1. The molecule has 1 saturated heterocycles. The van der Waals surface area contributed by atoms with Gasteiger partial charge in [-0.15, -0.1) is 11.3 Å². The van der Waals surface area contributed by atoms with Crippen LogP contribution in [0.1, 0.15) is 36.3 Å². The summed E-state index contributed by atoms with van der Waals surface area (Å²) < 4.78 is 8.65. The molecule has 6 nitrogen and oxygen atoms in total. The highest BCUT2D eigenvalue weighted by atomic mass is 32.1. The van der Waals surface area contributed by atoms with Crippen molar-refractivity contribution >= 4 is 31.6 Å². The number of rotatable bonds is 6. The maximum atomic E-state index is 13.0. The van der Waals surface area contributed by atoms with Crippen LogP contribution in [0.15, 0.2) is 52.1 Å². The van der Waals surface area contributed by atoms with E-state index in [0.717, 1.165) is 54.7 Å². The van der Waals surface area contributed by atoms with Crippen LogP contribution in [0.4, 0.5) is 0 Å². The molecule has 0 unspecified atom stereocenters. The van der Waals surface area contributed by atoms with Gasteiger partial charge in [-0.05, 0) is 61.4 Å². The number of unbranched alkanes of at least 4 members (excludes halogenated alkanes) is 1. The summed E-state index contributed by atoms with van der Waals surface area (Å²) in [6.07, 6.45) is 4.10. The van der Waals surface area contributed by atoms with Gasteiger partial charge in [0.05, 0.1) is 12.6 Å². The smallest absolute Gasteiger partial charge is 0.328 e. The standard InChI is InChI=1S/C27H29N3O3S/c1-33-22-9-6-8-18-19(22)12-11-17-15-29(16-21(17)18)13-4-5-14-30-26(31)25-24(28-27(30)32)20-7-2-3-10-23(20)34-25/h2-3,6-10,17,21H,4-5,11-16H2,1H3,(H,28,32)/t17-,21+/m1/s1. The van der Waals surface area contributed by atoms with Crippen LogP contribution in [-0.4, -0.2) is 41.2 Å². The van der Waals surface area contributed by atoms with E-state index >= 15 is 0 Å². The zero-order valence-electron chi connectivity index (χ0n) is 19.4. The van der Waals surface area contributed by atoms with Crippen LogP contribution in [0.25, 0.3) is 20.3 Å². The van der Waals surface area contributed by atoms with E-state index in [1.807, 2.05) is 24.3 Å². The number of fused-ring (bicyclic) bond motifs is 6. The van der Waals surface area contributed by atoms with E-state index in [-0.39, 0.29) is 11.2 Å². The largest absolute Gasteiger partial charge is 0.496 e. The molecule has 0 radical (unpaired) electrons. The number of benzene rings is 2. The second-order valence-corrected chi connectivity index (χ2v) is 10.6. The minimum absolute atomic E-state index is 0.169. The second-order valence-electron chi connectivity index (χ2n) is 9.59. The molecule has 6 rings (SSSR count). The quantitative estimate of drug-likeness (QED) is 0.421. The van der Waals surface area contributed by atoms with Gasteiger partial charge in [-0.3, -0.25) is 9.36 Å². The van der Waals surface area contributed by atoms with Crippen LogP contribution < -0.4 is 16.0 Å². The molecule has 2 aromatic carbocycles. The first kappa shape index (κ1) is 21.6. The first-order chi connectivity index (χ1) is 16.6. The van der Waals surface area contributed by atoms with Crippen LogP contribution in [0.3, 0.4) is 0 Å². The van der Waals surface area contributed by atoms with Crippen molar-refractivity contribution in [2.24, 2.45) is 5.92 Å². The molecular weight excluding hydrogens is 446 g/mol. The third kappa shape index (κ3) is 3.58. The molecule has 1 aliphatic heterocycles. The number of methoxy groups -OCH3 is 1. The second kappa shape index (κ2) is 8.71. The van der Waals surface area contributed by atoms with Gasteiger partial charge in [-0.2, -0.15) is 0 Å². The topological polar surface area (TPSA) is 67.3 Å². The van der Waals surface area contributed by atoms with Crippen LogP contribution in [0.5, 0.6) is 5.75 Å². The molecule has 1 fully saturated rings. The number of hydrogen-bond donors (Lipinski definition) is 1. The average molecular weight is 476 g/mol. The third-order valence-electron chi connectivity index (χ3n) is 7.69. The van der Waals surface area contributed by atoms with Crippen molar-refractivity contribution in [3.8, 4) is 5.75 Å². The van der Waals surface area contributed by atoms with Crippen LogP contribution >= 0.6 is 11.3 Å². The maximum Gasteiger partial charge on any atom is 0.328 e. The number of nitrogens with zero attached hydrogens (tertiary/aromatic N) is 2. The summed E-state index contributed by atoms with van der Waals surface area (Å²) in [6.45, 7) is 3.68. The Kier molecular flexibility index (Phi) is 5.54. The van der Waals surface area contributed by atoms with Crippen LogP contribution in [0.2, 0.25) is 0 Å². The Morgan fingerprint density at radius 1 is 1.06 bits per heavy atom. The molecule has 176 valence electrons. The highest BCUT2D eigenvalue weighted by Crippen LogP contribution is 2.44. The lowest BCUT2D eigenvalue weighted by atomic mass is 9.77. The normalized spacial score (nSPS) is 20.0. The van der Waals surface area contributed by atoms with Crippen LogP contribution in [0, 0.1) is 5.92 Å². The van der Waals surface area contributed by atoms with E-state index in [4.69, 9.17) is 4.74 Å². The third-order valence-corrected chi connectivity index (χ3v) is 8.85. The van der Waals surface area contributed by atoms with Crippen molar-refractivity contribution in [3.63, 3.8) is 0 Å². The van der Waals surface area contributed by atoms with Gasteiger partial charge in [0.15, 0.2) is 0 Å². The summed E-state index contributed by atoms with van der Waals surface area (Å²) in [7, 11) is 1.76. The lowest BCUT2D eigenvalue weighted by Crippen LogP contribution is -2.34. The Morgan fingerprint density at radius 3 is 2.79 bits per heavy atom. The molecule has 1 aliphatic carbocycles. The van der Waals surface area contributed by atoms with Crippen molar-refractivity contribution in [1.82, 2.24) is 14.5 Å². The summed E-state index contributed by atoms with van der Waals surface area (Å²) >= 11 is 1.46. The number of aromatic nitrogens is 2. The molecule has 0 amide bonds. The summed E-state index contributed by atoms with van der Waals surface area (Å²) in [6, 6.07) is 14.3. The highest BCUT2D eigenvalue weighted by molar-refractivity contribution is 7.25. The van der Waals surface area contributed by atoms with Crippen molar-refractivity contribution in [3.05, 3.63) is 74.4 Å². The Bertz CT molecular complexity index is 1480. The number of aromatic amines is 1. The van der Waals surface area contributed by atoms with Gasteiger partial charge in [0, 0.05) is 35.6 Å². The molecule has 1 N–H and O–H groups in total. The van der Waals surface area contributed by atoms with Crippen molar-refractivity contribution in [1.29, 1.82) is 0 Å². The lowest BCUT2D eigenvalue weighted by Gasteiger charge is -2.28. The molecule has 3 heterocycles. The first-order valence-corrected chi connectivity index (χ1v) is 13.0. The van der Waals surface area contributed by atoms with E-state index in [1.165, 1.54) is 33.5 Å². The fraction of sp³-hybridized carbons (Fsp3) is 0.407. The number of likely N-dealkylation sites (tertiary alicyclic amines) is 1. The Hall–Kier alpha value is -2.90. The van der Waals surface area contributed by atoms with Gasteiger partial charge >= 0.3 is 5.69 Å². The minimum Gasteiger partial charge on any atom is -0.496 e. The Labute approximate surface area is 201 Å². The molecule has 2 aliphatic rings. The minimum atomic E-state index is -0.307. The van der Waals surface area contributed by atoms with E-state index < -0.39 is 0 Å². The maximum absolute atomic E-state index is 13.0. The first-order valence-electron chi connectivity index (χ1n) is 12.2. The molecule has 2 aromatic heterocycles. The predicted octanol–water partition coefficient (Wildman–Crippen LogP) is 4.36. The lowest BCUT2D eigenvalue weighted by molar-refractivity contribution is 0.310. The molecule has 0 saturated carbocycles. The van der Waals surface area contributed by atoms with Crippen molar-refractivity contribution in [2.75, 3.05) is 26.7 Å². The SMILES string of the molecule is COc1cccc2c1CC[C@@H]1CN(CCCCn3c(=O)[nH]c4c(sc5ccccc54)c3=O)C[C@H]21. The summed E-state index contributed by atoms with van der Waals surface area (Å²) in [5, 5.41) is 0.943. The predicted molar refractivity (Wildman–Crippen MR) is 137 cm³/mol. The van der Waals surface area contributed by atoms with E-state index in [0.29, 0.717) is 28.6 Å². The number of ether oxygens (including phenoxy) is 1. The van der Waals surface area contributed by atoms with Crippen molar-refractivity contribution < 1.29 is 4.74 Å². The zero-order valence-corrected chi connectivity index (χ0v) is 20.2. The molecule has 7 heteroatoms. The van der Waals surface area contributed by atoms with Gasteiger partial charge in [-0.25, -0.2) is 4.79 Å². The van der Waals surface area contributed by atoms with Crippen molar-refractivity contribution in [2.45, 2.75) is 38.1 Å². The Morgan fingerprint density at radius 2 is 1.91 bits per heavy atom. The molecule has 34 heavy (non-hydrogen) atoms. The fourth-order valence-corrected chi connectivity index (χ4v) is 7.13. The summed E-state index contributed by atoms with van der Waals surface area (Å²) in [5.74, 6) is 2.32. The van der Waals surface area contributed by atoms with E-state index in [1.54, 1.807) is 7.11 Å². The summed E-state index contributed by atoms with van der Waals surface area (Å²) in [4.78, 5) is 31.2. The Balaban J connectivity index is 1.11. The fourth-order valence-electron chi connectivity index (χ4n) is 6.02. The monoisotopic (exact) mass is 475 g/mol. The zero-order chi connectivity index (χ0) is 23.2.